The van der Waals surface area contributed by atoms with E-state index in [1.165, 1.54) is 33.3 Å². The maximum absolute atomic E-state index is 13.2. The molecule has 1 aliphatic rings. The zero-order valence-electron chi connectivity index (χ0n) is 20.6. The molecule has 1 fully saturated rings. The van der Waals surface area contributed by atoms with Crippen LogP contribution in [0, 0.1) is 0 Å². The van der Waals surface area contributed by atoms with E-state index in [2.05, 4.69) is 0 Å². The van der Waals surface area contributed by atoms with Gasteiger partial charge in [-0.05, 0) is 36.2 Å². The monoisotopic (exact) mass is 485 g/mol. The van der Waals surface area contributed by atoms with E-state index in [0.717, 1.165) is 6.42 Å². The van der Waals surface area contributed by atoms with Crippen LogP contribution in [0.1, 0.15) is 30.5 Å². The first-order valence-electron chi connectivity index (χ1n) is 11.2. The number of aliphatic hydroxyl groups is 1. The number of amides is 1. The molecule has 0 aliphatic carbocycles. The summed E-state index contributed by atoms with van der Waals surface area (Å²) in [5, 5.41) is 11.3. The van der Waals surface area contributed by atoms with Crippen molar-refractivity contribution in [1.29, 1.82) is 0 Å². The highest BCUT2D eigenvalue weighted by molar-refractivity contribution is 6.46. The van der Waals surface area contributed by atoms with Gasteiger partial charge in [-0.25, -0.2) is 0 Å². The van der Waals surface area contributed by atoms with Crippen LogP contribution in [0.4, 0.5) is 0 Å². The summed E-state index contributed by atoms with van der Waals surface area (Å²) < 4.78 is 27.2. The second-order valence-electron chi connectivity index (χ2n) is 7.82. The number of likely N-dealkylation sites (tertiary alicyclic amines) is 1. The summed E-state index contributed by atoms with van der Waals surface area (Å²) in [7, 11) is 5.95. The zero-order chi connectivity index (χ0) is 25.5. The molecule has 1 amide bonds. The summed E-state index contributed by atoms with van der Waals surface area (Å²) in [6, 6.07) is 9.19. The number of hydrogen-bond donors (Lipinski definition) is 1. The van der Waals surface area contributed by atoms with Gasteiger partial charge in [0.2, 0.25) is 5.75 Å². The Morgan fingerprint density at radius 3 is 2.23 bits per heavy atom. The Hall–Kier alpha value is -3.72. The van der Waals surface area contributed by atoms with Crippen molar-refractivity contribution in [2.75, 3.05) is 48.2 Å². The van der Waals surface area contributed by atoms with Crippen molar-refractivity contribution in [3.63, 3.8) is 0 Å². The van der Waals surface area contributed by atoms with E-state index in [4.69, 9.17) is 23.7 Å². The van der Waals surface area contributed by atoms with Crippen LogP contribution >= 0.6 is 0 Å². The molecular weight excluding hydrogens is 454 g/mol. The van der Waals surface area contributed by atoms with E-state index in [1.807, 2.05) is 6.92 Å². The minimum atomic E-state index is -0.904. The molecule has 0 aromatic heterocycles. The fourth-order valence-electron chi connectivity index (χ4n) is 4.01. The van der Waals surface area contributed by atoms with E-state index in [1.54, 1.807) is 36.4 Å². The van der Waals surface area contributed by atoms with Gasteiger partial charge in [0.05, 0.1) is 46.2 Å². The SMILES string of the molecule is CCCOc1cccc(C(O)=C2C(=O)C(=O)N(CCOC)C2c2cc(OC)c(OC)c(OC)c2)c1. The second kappa shape index (κ2) is 11.6. The predicted molar refractivity (Wildman–Crippen MR) is 129 cm³/mol. The number of Topliss-reactive ketones (excluding diaryl/α,β-unsaturated/α-hetero) is 1. The molecule has 9 heteroatoms. The van der Waals surface area contributed by atoms with Crippen LogP contribution in [-0.2, 0) is 14.3 Å². The number of nitrogens with zero attached hydrogens (tertiary/aromatic N) is 1. The molecule has 0 saturated carbocycles. The van der Waals surface area contributed by atoms with Gasteiger partial charge in [-0.15, -0.1) is 0 Å². The van der Waals surface area contributed by atoms with E-state index in [0.29, 0.717) is 40.7 Å². The standard InChI is InChI=1S/C26H31NO8/c1-6-11-35-18-9-7-8-16(13-18)23(28)21-22(27(10-12-31-2)26(30)24(21)29)17-14-19(32-3)25(34-5)20(15-17)33-4/h7-9,13-15,22,28H,6,10-12H2,1-5H3. The van der Waals surface area contributed by atoms with E-state index < -0.39 is 17.7 Å². The normalized spacial score (nSPS) is 16.9. The third-order valence-electron chi connectivity index (χ3n) is 5.66. The summed E-state index contributed by atoms with van der Waals surface area (Å²) in [5.41, 5.74) is 0.823. The number of ketones is 1. The average Bonchev–Trinajstić information content (AvgIpc) is 3.14. The molecular formula is C26H31NO8. The van der Waals surface area contributed by atoms with Gasteiger partial charge in [0.15, 0.2) is 11.5 Å². The molecule has 2 aromatic carbocycles. The highest BCUT2D eigenvalue weighted by Gasteiger charge is 2.46. The van der Waals surface area contributed by atoms with Crippen molar-refractivity contribution in [2.45, 2.75) is 19.4 Å². The lowest BCUT2D eigenvalue weighted by Crippen LogP contribution is -2.32. The first-order valence-corrected chi connectivity index (χ1v) is 11.2. The van der Waals surface area contributed by atoms with Gasteiger partial charge in [0, 0.05) is 19.2 Å². The number of methoxy groups -OCH3 is 4. The quantitative estimate of drug-likeness (QED) is 0.293. The number of benzene rings is 2. The maximum Gasteiger partial charge on any atom is 0.295 e. The molecule has 2 aromatic rings. The number of carbonyl (C=O) groups excluding carboxylic acids is 2. The fourth-order valence-corrected chi connectivity index (χ4v) is 4.01. The van der Waals surface area contributed by atoms with Crippen molar-refractivity contribution in [3.05, 3.63) is 53.1 Å². The van der Waals surface area contributed by atoms with Gasteiger partial charge in [-0.1, -0.05) is 19.1 Å². The Kier molecular flexibility index (Phi) is 8.59. The lowest BCUT2D eigenvalue weighted by Gasteiger charge is -2.26. The topological polar surface area (TPSA) is 104 Å². The fraction of sp³-hybridized carbons (Fsp3) is 0.385. The largest absolute Gasteiger partial charge is 0.507 e. The molecule has 1 saturated heterocycles. The van der Waals surface area contributed by atoms with Crippen LogP contribution in [0.2, 0.25) is 0 Å². The van der Waals surface area contributed by atoms with Crippen LogP contribution < -0.4 is 18.9 Å². The minimum absolute atomic E-state index is 0.0481. The third-order valence-corrected chi connectivity index (χ3v) is 5.66. The molecule has 35 heavy (non-hydrogen) atoms. The number of aliphatic hydroxyl groups excluding tert-OH is 1. The Morgan fingerprint density at radius 2 is 1.66 bits per heavy atom. The van der Waals surface area contributed by atoms with E-state index >= 15 is 0 Å². The highest BCUT2D eigenvalue weighted by Crippen LogP contribution is 2.45. The molecule has 3 rings (SSSR count). The summed E-state index contributed by atoms with van der Waals surface area (Å²) in [6.45, 7) is 2.84. The molecule has 1 N–H and O–H groups in total. The van der Waals surface area contributed by atoms with Gasteiger partial charge in [0.25, 0.3) is 11.7 Å². The number of hydrogen-bond acceptors (Lipinski definition) is 8. The molecule has 0 bridgehead atoms. The molecule has 188 valence electrons. The average molecular weight is 486 g/mol. The van der Waals surface area contributed by atoms with Crippen molar-refractivity contribution in [1.82, 2.24) is 4.90 Å². The molecule has 1 atom stereocenters. The molecule has 0 radical (unpaired) electrons. The smallest absolute Gasteiger partial charge is 0.295 e. The van der Waals surface area contributed by atoms with Gasteiger partial charge in [0.1, 0.15) is 11.5 Å². The molecule has 1 heterocycles. The predicted octanol–water partition coefficient (Wildman–Crippen LogP) is 3.57. The second-order valence-corrected chi connectivity index (χ2v) is 7.82. The number of ether oxygens (including phenoxy) is 5. The first kappa shape index (κ1) is 25.9. The Labute approximate surface area is 204 Å². The van der Waals surface area contributed by atoms with Crippen molar-refractivity contribution in [3.8, 4) is 23.0 Å². The Morgan fingerprint density at radius 1 is 0.971 bits per heavy atom. The Balaban J connectivity index is 2.21. The van der Waals surface area contributed by atoms with Crippen LogP contribution in [0.15, 0.2) is 42.0 Å². The van der Waals surface area contributed by atoms with Crippen molar-refractivity contribution in [2.24, 2.45) is 0 Å². The van der Waals surface area contributed by atoms with Crippen LogP contribution in [0.3, 0.4) is 0 Å². The lowest BCUT2D eigenvalue weighted by molar-refractivity contribution is -0.140. The molecule has 1 aliphatic heterocycles. The Bertz CT molecular complexity index is 1090. The molecule has 0 spiro atoms. The van der Waals surface area contributed by atoms with Crippen molar-refractivity contribution >= 4 is 17.4 Å². The maximum atomic E-state index is 13.2. The number of rotatable bonds is 11. The van der Waals surface area contributed by atoms with Gasteiger partial charge in [-0.3, -0.25) is 9.59 Å². The minimum Gasteiger partial charge on any atom is -0.507 e. The van der Waals surface area contributed by atoms with Gasteiger partial charge < -0.3 is 33.7 Å². The highest BCUT2D eigenvalue weighted by atomic mass is 16.5. The summed E-state index contributed by atoms with van der Waals surface area (Å²) in [5.74, 6) is -0.201. The lowest BCUT2D eigenvalue weighted by atomic mass is 9.94. The molecule has 9 nitrogen and oxygen atoms in total. The van der Waals surface area contributed by atoms with Gasteiger partial charge in [-0.2, -0.15) is 0 Å². The van der Waals surface area contributed by atoms with E-state index in [9.17, 15) is 14.7 Å². The summed E-state index contributed by atoms with van der Waals surface area (Å²) >= 11 is 0. The number of carbonyl (C=O) groups is 2. The zero-order valence-corrected chi connectivity index (χ0v) is 20.6. The van der Waals surface area contributed by atoms with Crippen LogP contribution in [0.25, 0.3) is 5.76 Å². The first-order chi connectivity index (χ1) is 16.9. The van der Waals surface area contributed by atoms with Crippen molar-refractivity contribution < 1.29 is 38.4 Å². The summed E-state index contributed by atoms with van der Waals surface area (Å²) in [6.07, 6.45) is 0.821. The van der Waals surface area contributed by atoms with E-state index in [-0.39, 0.29) is 24.5 Å². The third kappa shape index (κ3) is 5.19. The van der Waals surface area contributed by atoms with Crippen LogP contribution in [-0.4, -0.2) is 69.9 Å². The molecule has 1 unspecified atom stereocenters. The summed E-state index contributed by atoms with van der Waals surface area (Å²) in [4.78, 5) is 27.6. The van der Waals surface area contributed by atoms with Crippen LogP contribution in [0.5, 0.6) is 23.0 Å². The van der Waals surface area contributed by atoms with Gasteiger partial charge >= 0.3 is 0 Å².